The zero-order chi connectivity index (χ0) is 13.0. The van der Waals surface area contributed by atoms with Crippen molar-refractivity contribution in [1.82, 2.24) is 9.97 Å². The molecule has 1 atom stereocenters. The second kappa shape index (κ2) is 5.60. The van der Waals surface area contributed by atoms with E-state index in [0.717, 1.165) is 11.3 Å². The molecule has 94 valence electrons. The van der Waals surface area contributed by atoms with Gasteiger partial charge in [-0.3, -0.25) is 0 Å². The van der Waals surface area contributed by atoms with Crippen molar-refractivity contribution < 1.29 is 4.74 Å². The fraction of sp³-hybridized carbons (Fsp3) is 0.286. The number of ether oxygens (including phenoxy) is 1. The van der Waals surface area contributed by atoms with E-state index in [1.165, 1.54) is 0 Å². The van der Waals surface area contributed by atoms with Gasteiger partial charge in [0.15, 0.2) is 0 Å². The second-order valence-electron chi connectivity index (χ2n) is 4.32. The summed E-state index contributed by atoms with van der Waals surface area (Å²) in [6, 6.07) is 9.18. The van der Waals surface area contributed by atoms with Crippen molar-refractivity contribution >= 4 is 0 Å². The van der Waals surface area contributed by atoms with E-state index in [1.807, 2.05) is 38.1 Å². The predicted octanol–water partition coefficient (Wildman–Crippen LogP) is 2.31. The van der Waals surface area contributed by atoms with Gasteiger partial charge < -0.3 is 10.5 Å². The molecular formula is C14H17N3O. The van der Waals surface area contributed by atoms with Crippen LogP contribution in [0.3, 0.4) is 0 Å². The van der Waals surface area contributed by atoms with E-state index >= 15 is 0 Å². The lowest BCUT2D eigenvalue weighted by Crippen LogP contribution is -2.15. The molecule has 0 aliphatic rings. The fourth-order valence-corrected chi connectivity index (χ4v) is 1.65. The van der Waals surface area contributed by atoms with Crippen LogP contribution in [0, 0.1) is 0 Å². The summed E-state index contributed by atoms with van der Waals surface area (Å²) in [6.07, 6.45) is 3.55. The van der Waals surface area contributed by atoms with Gasteiger partial charge in [0, 0.05) is 12.4 Å². The monoisotopic (exact) mass is 243 g/mol. The third kappa shape index (κ3) is 3.05. The minimum Gasteiger partial charge on any atom is -0.491 e. The van der Waals surface area contributed by atoms with Gasteiger partial charge in [-0.15, -0.1) is 0 Å². The molecule has 1 aromatic carbocycles. The highest BCUT2D eigenvalue weighted by atomic mass is 16.5. The number of nitrogens with two attached hydrogens (primary N) is 1. The Morgan fingerprint density at radius 2 is 1.67 bits per heavy atom. The van der Waals surface area contributed by atoms with E-state index in [2.05, 4.69) is 9.97 Å². The van der Waals surface area contributed by atoms with Crippen LogP contribution >= 0.6 is 0 Å². The van der Waals surface area contributed by atoms with Gasteiger partial charge in [-0.1, -0.05) is 12.1 Å². The van der Waals surface area contributed by atoms with Gasteiger partial charge in [-0.2, -0.15) is 0 Å². The van der Waals surface area contributed by atoms with Crippen LogP contribution in [-0.4, -0.2) is 16.1 Å². The summed E-state index contributed by atoms with van der Waals surface area (Å²) in [7, 11) is 0. The summed E-state index contributed by atoms with van der Waals surface area (Å²) in [5.74, 6) is 1.46. The number of nitrogens with zero attached hydrogens (tertiary/aromatic N) is 2. The third-order valence-corrected chi connectivity index (χ3v) is 2.47. The second-order valence-corrected chi connectivity index (χ2v) is 4.32. The Morgan fingerprint density at radius 1 is 1.06 bits per heavy atom. The first-order chi connectivity index (χ1) is 8.66. The van der Waals surface area contributed by atoms with Crippen LogP contribution in [0.1, 0.15) is 31.3 Å². The minimum absolute atomic E-state index is 0.169. The average molecular weight is 243 g/mol. The molecule has 1 unspecified atom stereocenters. The first-order valence-electron chi connectivity index (χ1n) is 5.96. The van der Waals surface area contributed by atoms with Crippen LogP contribution < -0.4 is 10.5 Å². The molecule has 0 spiro atoms. The lowest BCUT2D eigenvalue weighted by atomic mass is 10.1. The van der Waals surface area contributed by atoms with Crippen LogP contribution in [0.15, 0.2) is 42.7 Å². The van der Waals surface area contributed by atoms with Gasteiger partial charge in [-0.25, -0.2) is 9.97 Å². The first kappa shape index (κ1) is 12.5. The largest absolute Gasteiger partial charge is 0.491 e. The molecule has 0 aliphatic heterocycles. The molecule has 0 saturated heterocycles. The van der Waals surface area contributed by atoms with Gasteiger partial charge in [0.25, 0.3) is 0 Å². The molecule has 2 N–H and O–H groups in total. The first-order valence-corrected chi connectivity index (χ1v) is 5.96. The van der Waals surface area contributed by atoms with Crippen molar-refractivity contribution in [3.63, 3.8) is 0 Å². The summed E-state index contributed by atoms with van der Waals surface area (Å²) in [5, 5.41) is 0. The van der Waals surface area contributed by atoms with Crippen molar-refractivity contribution in [1.29, 1.82) is 0 Å². The summed E-state index contributed by atoms with van der Waals surface area (Å²) in [6.45, 7) is 3.99. The Labute approximate surface area is 107 Å². The molecule has 1 heterocycles. The predicted molar refractivity (Wildman–Crippen MR) is 70.3 cm³/mol. The van der Waals surface area contributed by atoms with Gasteiger partial charge >= 0.3 is 0 Å². The van der Waals surface area contributed by atoms with E-state index in [9.17, 15) is 0 Å². The van der Waals surface area contributed by atoms with Crippen LogP contribution in [0.2, 0.25) is 0 Å². The molecule has 4 heteroatoms. The van der Waals surface area contributed by atoms with Gasteiger partial charge in [-0.05, 0) is 37.6 Å². The highest BCUT2D eigenvalue weighted by Gasteiger charge is 2.11. The molecule has 2 aromatic rings. The van der Waals surface area contributed by atoms with Crippen LogP contribution in [0.5, 0.6) is 5.75 Å². The number of benzene rings is 1. The van der Waals surface area contributed by atoms with Crippen molar-refractivity contribution in [2.24, 2.45) is 5.73 Å². The lowest BCUT2D eigenvalue weighted by molar-refractivity contribution is 0.242. The van der Waals surface area contributed by atoms with Crippen molar-refractivity contribution in [2.75, 3.05) is 0 Å². The molecule has 18 heavy (non-hydrogen) atoms. The van der Waals surface area contributed by atoms with Crippen LogP contribution in [-0.2, 0) is 0 Å². The molecule has 2 rings (SSSR count). The zero-order valence-corrected chi connectivity index (χ0v) is 10.6. The Morgan fingerprint density at radius 3 is 2.22 bits per heavy atom. The SMILES string of the molecule is CC(C)Oc1ccc(C(N)c2ncccn2)cc1. The molecule has 0 radical (unpaired) electrons. The van der Waals surface area contributed by atoms with Crippen LogP contribution in [0.4, 0.5) is 0 Å². The zero-order valence-electron chi connectivity index (χ0n) is 10.6. The van der Waals surface area contributed by atoms with Gasteiger partial charge in [0.2, 0.25) is 0 Å². The molecule has 0 fully saturated rings. The van der Waals surface area contributed by atoms with E-state index in [4.69, 9.17) is 10.5 Å². The molecule has 1 aromatic heterocycles. The highest BCUT2D eigenvalue weighted by Crippen LogP contribution is 2.20. The maximum Gasteiger partial charge on any atom is 0.149 e. The topological polar surface area (TPSA) is 61.0 Å². The summed E-state index contributed by atoms with van der Waals surface area (Å²) in [5.41, 5.74) is 7.07. The average Bonchev–Trinajstić information content (AvgIpc) is 2.39. The van der Waals surface area contributed by atoms with Gasteiger partial charge in [0.05, 0.1) is 12.1 Å². The van der Waals surface area contributed by atoms with Crippen molar-refractivity contribution in [3.05, 3.63) is 54.1 Å². The van der Waals surface area contributed by atoms with E-state index < -0.39 is 0 Å². The molecular weight excluding hydrogens is 226 g/mol. The van der Waals surface area contributed by atoms with E-state index in [1.54, 1.807) is 18.5 Å². The molecule has 0 bridgehead atoms. The maximum atomic E-state index is 6.10. The van der Waals surface area contributed by atoms with Crippen molar-refractivity contribution in [3.8, 4) is 5.75 Å². The third-order valence-electron chi connectivity index (χ3n) is 2.47. The van der Waals surface area contributed by atoms with Crippen molar-refractivity contribution in [2.45, 2.75) is 26.0 Å². The summed E-state index contributed by atoms with van der Waals surface area (Å²) < 4.78 is 5.58. The number of hydrogen-bond acceptors (Lipinski definition) is 4. The summed E-state index contributed by atoms with van der Waals surface area (Å²) in [4.78, 5) is 8.32. The molecule has 0 saturated carbocycles. The Balaban J connectivity index is 2.14. The maximum absolute atomic E-state index is 6.10. The minimum atomic E-state index is -0.306. The number of hydrogen-bond donors (Lipinski definition) is 1. The van der Waals surface area contributed by atoms with E-state index in [0.29, 0.717) is 5.82 Å². The number of rotatable bonds is 4. The highest BCUT2D eigenvalue weighted by molar-refractivity contribution is 5.31. The van der Waals surface area contributed by atoms with E-state index in [-0.39, 0.29) is 12.1 Å². The molecule has 4 nitrogen and oxygen atoms in total. The van der Waals surface area contributed by atoms with Crippen LogP contribution in [0.25, 0.3) is 0 Å². The molecule has 0 aliphatic carbocycles. The standard InChI is InChI=1S/C14H17N3O/c1-10(2)18-12-6-4-11(5-7-12)13(15)14-16-8-3-9-17-14/h3-10,13H,15H2,1-2H3. The fourth-order valence-electron chi connectivity index (χ4n) is 1.65. The quantitative estimate of drug-likeness (QED) is 0.895. The van der Waals surface area contributed by atoms with Gasteiger partial charge in [0.1, 0.15) is 11.6 Å². The Bertz CT molecular complexity index is 482. The molecule has 0 amide bonds. The summed E-state index contributed by atoms with van der Waals surface area (Å²) >= 11 is 0. The lowest BCUT2D eigenvalue weighted by Gasteiger charge is -2.13. The number of aromatic nitrogens is 2. The Hall–Kier alpha value is -1.94. The smallest absolute Gasteiger partial charge is 0.149 e. The normalized spacial score (nSPS) is 12.4. The Kier molecular flexibility index (Phi) is 3.89.